The summed E-state index contributed by atoms with van der Waals surface area (Å²) >= 11 is 1.34. The molecule has 0 aromatic carbocycles. The molecule has 3 aliphatic heterocycles. The van der Waals surface area contributed by atoms with Crippen molar-refractivity contribution in [1.29, 1.82) is 0 Å². The Labute approximate surface area is 167 Å². The number of hydrogen-bond donors (Lipinski definition) is 2. The van der Waals surface area contributed by atoms with E-state index in [-0.39, 0.29) is 18.1 Å². The average molecular weight is 401 g/mol. The Morgan fingerprint density at radius 1 is 1.14 bits per heavy atom. The third-order valence-electron chi connectivity index (χ3n) is 6.19. The van der Waals surface area contributed by atoms with Gasteiger partial charge < -0.3 is 20.9 Å². The number of aromatic nitrogens is 2. The van der Waals surface area contributed by atoms with Crippen LogP contribution in [0.3, 0.4) is 0 Å². The molecule has 6 rings (SSSR count). The fourth-order valence-corrected chi connectivity index (χ4v) is 5.74. The van der Waals surface area contributed by atoms with Gasteiger partial charge in [0, 0.05) is 19.1 Å². The van der Waals surface area contributed by atoms with Crippen molar-refractivity contribution >= 4 is 39.3 Å². The highest BCUT2D eigenvalue weighted by molar-refractivity contribution is 7.21. The van der Waals surface area contributed by atoms with Gasteiger partial charge in [0.15, 0.2) is 5.82 Å². The number of piperazine rings is 1. The maximum Gasteiger partial charge on any atom is 0.317 e. The van der Waals surface area contributed by atoms with Gasteiger partial charge in [0.2, 0.25) is 0 Å². The van der Waals surface area contributed by atoms with Crippen LogP contribution in [0.15, 0.2) is 12.4 Å². The van der Waals surface area contributed by atoms with Crippen LogP contribution in [0.5, 0.6) is 0 Å². The van der Waals surface area contributed by atoms with Gasteiger partial charge in [-0.3, -0.25) is 4.79 Å². The van der Waals surface area contributed by atoms with Gasteiger partial charge in [-0.15, -0.1) is 11.3 Å². The zero-order valence-electron chi connectivity index (χ0n) is 15.6. The van der Waals surface area contributed by atoms with E-state index in [0.29, 0.717) is 24.0 Å². The Hall–Kier alpha value is -2.42. The first-order chi connectivity index (χ1) is 13.6. The number of thiophene rings is 1. The van der Waals surface area contributed by atoms with Crippen molar-refractivity contribution in [2.45, 2.75) is 56.7 Å². The maximum atomic E-state index is 12.7. The van der Waals surface area contributed by atoms with Gasteiger partial charge in [-0.2, -0.15) is 0 Å². The van der Waals surface area contributed by atoms with Crippen LogP contribution < -0.4 is 16.0 Å². The van der Waals surface area contributed by atoms with E-state index in [1.165, 1.54) is 36.9 Å². The second kappa shape index (κ2) is 6.88. The number of carbonyl (C=O) groups is 2. The van der Waals surface area contributed by atoms with Gasteiger partial charge in [0.25, 0.3) is 5.91 Å². The van der Waals surface area contributed by atoms with Crippen molar-refractivity contribution in [3.8, 4) is 0 Å². The summed E-state index contributed by atoms with van der Waals surface area (Å²) in [5.74, 6) is 0.416. The van der Waals surface area contributed by atoms with E-state index in [1.54, 1.807) is 6.07 Å². The molecule has 148 valence electrons. The maximum absolute atomic E-state index is 12.7. The third-order valence-corrected chi connectivity index (χ3v) is 7.33. The molecular formula is C19H24N6O2S. The number of fused-ring (bicyclic) bond motifs is 3. The fourth-order valence-electron chi connectivity index (χ4n) is 4.78. The van der Waals surface area contributed by atoms with E-state index in [2.05, 4.69) is 20.2 Å². The lowest BCUT2D eigenvalue weighted by molar-refractivity contribution is 0.100. The van der Waals surface area contributed by atoms with Crippen molar-refractivity contribution < 1.29 is 9.59 Å². The van der Waals surface area contributed by atoms with E-state index in [0.717, 1.165) is 35.3 Å². The molecule has 5 heterocycles. The summed E-state index contributed by atoms with van der Waals surface area (Å²) in [4.78, 5) is 37.7. The molecular weight excluding hydrogens is 376 g/mol. The number of nitrogens with zero attached hydrogens (tertiary/aromatic N) is 4. The Bertz CT molecular complexity index is 912. The summed E-state index contributed by atoms with van der Waals surface area (Å²) in [5, 5.41) is 3.22. The van der Waals surface area contributed by atoms with Gasteiger partial charge in [-0.05, 0) is 25.3 Å². The number of primary amides is 1. The van der Waals surface area contributed by atoms with E-state index >= 15 is 0 Å². The summed E-state index contributed by atoms with van der Waals surface area (Å²) < 4.78 is 0.895. The predicted octanol–water partition coefficient (Wildman–Crippen LogP) is 2.10. The number of rotatable bonds is 3. The van der Waals surface area contributed by atoms with Gasteiger partial charge in [0.05, 0.1) is 27.2 Å². The molecule has 1 saturated carbocycles. The molecule has 1 aliphatic carbocycles. The molecule has 4 fully saturated rings. The summed E-state index contributed by atoms with van der Waals surface area (Å²) in [6.45, 7) is 1.41. The number of nitrogens with two attached hydrogens (primary N) is 1. The first-order valence-electron chi connectivity index (χ1n) is 9.98. The number of nitrogens with one attached hydrogen (secondary N) is 1. The molecule has 4 aliphatic rings. The molecule has 0 unspecified atom stereocenters. The first kappa shape index (κ1) is 17.7. The third kappa shape index (κ3) is 2.97. The van der Waals surface area contributed by atoms with Crippen LogP contribution in [-0.4, -0.2) is 58.0 Å². The minimum Gasteiger partial charge on any atom is -0.365 e. The minimum atomic E-state index is -0.441. The fraction of sp³-hybridized carbons (Fsp3) is 0.579. The van der Waals surface area contributed by atoms with Gasteiger partial charge in [-0.25, -0.2) is 14.8 Å². The Kier molecular flexibility index (Phi) is 4.34. The molecule has 0 spiro atoms. The lowest BCUT2D eigenvalue weighted by Gasteiger charge is -2.56. The van der Waals surface area contributed by atoms with Crippen LogP contribution in [0.2, 0.25) is 0 Å². The minimum absolute atomic E-state index is 0.0706. The smallest absolute Gasteiger partial charge is 0.317 e. The zero-order valence-corrected chi connectivity index (χ0v) is 16.5. The molecule has 2 atom stereocenters. The SMILES string of the molecule is NC(=O)c1cc2ncnc(N3[C@@H]4C[C@H]3CN(C(=O)NC3CCCCC3)C4)c2s1. The Morgan fingerprint density at radius 3 is 2.61 bits per heavy atom. The van der Waals surface area contributed by atoms with Crippen molar-refractivity contribution in [3.05, 3.63) is 17.3 Å². The second-order valence-corrected chi connectivity index (χ2v) is 9.08. The molecule has 2 aromatic rings. The molecule has 3 amide bonds. The number of hydrogen-bond acceptors (Lipinski definition) is 6. The van der Waals surface area contributed by atoms with E-state index in [9.17, 15) is 9.59 Å². The highest BCUT2D eigenvalue weighted by Crippen LogP contribution is 2.41. The summed E-state index contributed by atoms with van der Waals surface area (Å²) in [6.07, 6.45) is 8.49. The predicted molar refractivity (Wildman–Crippen MR) is 108 cm³/mol. The topological polar surface area (TPSA) is 104 Å². The van der Waals surface area contributed by atoms with E-state index < -0.39 is 5.91 Å². The number of amides is 3. The van der Waals surface area contributed by atoms with Gasteiger partial charge >= 0.3 is 6.03 Å². The number of urea groups is 1. The van der Waals surface area contributed by atoms with Gasteiger partial charge in [0.1, 0.15) is 6.33 Å². The molecule has 2 aromatic heterocycles. The molecule has 2 bridgehead atoms. The Morgan fingerprint density at radius 2 is 1.89 bits per heavy atom. The number of anilines is 1. The van der Waals surface area contributed by atoms with Crippen LogP contribution in [0.4, 0.5) is 10.6 Å². The van der Waals surface area contributed by atoms with Crippen LogP contribution in [0, 0.1) is 0 Å². The quantitative estimate of drug-likeness (QED) is 0.821. The normalized spacial score (nSPS) is 24.9. The standard InChI is InChI=1S/C19H24N6O2S/c20-17(26)15-7-14-16(28-15)18(22-10-21-14)25-12-6-13(25)9-24(8-12)19(27)23-11-4-2-1-3-5-11/h7,10-13H,1-6,8-9H2,(H2,20,26)(H,23,27)/t12-,13+. The summed E-state index contributed by atoms with van der Waals surface area (Å²) in [6, 6.07) is 2.64. The first-order valence-corrected chi connectivity index (χ1v) is 10.8. The van der Waals surface area contributed by atoms with Crippen LogP contribution in [0.1, 0.15) is 48.2 Å². The van der Waals surface area contributed by atoms with Crippen LogP contribution >= 0.6 is 11.3 Å². The molecule has 8 nitrogen and oxygen atoms in total. The average Bonchev–Trinajstić information content (AvgIpc) is 3.14. The van der Waals surface area contributed by atoms with E-state index in [4.69, 9.17) is 5.73 Å². The van der Waals surface area contributed by atoms with Gasteiger partial charge in [-0.1, -0.05) is 19.3 Å². The summed E-state index contributed by atoms with van der Waals surface area (Å²) in [5.41, 5.74) is 6.18. The van der Waals surface area contributed by atoms with Crippen LogP contribution in [0.25, 0.3) is 10.2 Å². The molecule has 3 saturated heterocycles. The number of carbonyl (C=O) groups excluding carboxylic acids is 2. The largest absolute Gasteiger partial charge is 0.365 e. The zero-order chi connectivity index (χ0) is 19.3. The van der Waals surface area contributed by atoms with E-state index in [1.807, 2.05) is 4.90 Å². The summed E-state index contributed by atoms with van der Waals surface area (Å²) in [7, 11) is 0. The highest BCUT2D eigenvalue weighted by atomic mass is 32.1. The lowest BCUT2D eigenvalue weighted by Crippen LogP contribution is -2.71. The molecule has 3 N–H and O–H groups in total. The van der Waals surface area contributed by atoms with Crippen molar-refractivity contribution in [2.75, 3.05) is 18.0 Å². The van der Waals surface area contributed by atoms with Crippen LogP contribution in [-0.2, 0) is 0 Å². The van der Waals surface area contributed by atoms with Crippen molar-refractivity contribution in [1.82, 2.24) is 20.2 Å². The Balaban J connectivity index is 1.31. The second-order valence-electron chi connectivity index (χ2n) is 8.03. The van der Waals surface area contributed by atoms with Crippen molar-refractivity contribution in [3.63, 3.8) is 0 Å². The molecule has 9 heteroatoms. The highest BCUT2D eigenvalue weighted by Gasteiger charge is 2.47. The monoisotopic (exact) mass is 400 g/mol. The molecule has 28 heavy (non-hydrogen) atoms. The molecule has 0 radical (unpaired) electrons. The van der Waals surface area contributed by atoms with Crippen molar-refractivity contribution in [2.24, 2.45) is 5.73 Å². The lowest BCUT2D eigenvalue weighted by atomic mass is 9.87. The number of piperidine rings is 1.